The summed E-state index contributed by atoms with van der Waals surface area (Å²) in [6.07, 6.45) is 0. The van der Waals surface area contributed by atoms with E-state index in [1.165, 1.54) is 29.5 Å². The molecule has 4 heteroatoms. The molecule has 0 aliphatic rings. The predicted octanol–water partition coefficient (Wildman–Crippen LogP) is 4.92. The van der Waals surface area contributed by atoms with Crippen LogP contribution in [0.5, 0.6) is 0 Å². The van der Waals surface area contributed by atoms with Crippen LogP contribution < -0.4 is 5.32 Å². The van der Waals surface area contributed by atoms with Crippen LogP contribution in [0.15, 0.2) is 46.2 Å². The third-order valence-corrected chi connectivity index (χ3v) is 4.20. The van der Waals surface area contributed by atoms with Gasteiger partial charge in [0, 0.05) is 28.4 Å². The maximum Gasteiger partial charge on any atom is 0.140 e. The van der Waals surface area contributed by atoms with Crippen LogP contribution in [0.2, 0.25) is 0 Å². The fourth-order valence-corrected chi connectivity index (χ4v) is 2.86. The number of nitrogens with one attached hydrogen (secondary N) is 1. The van der Waals surface area contributed by atoms with Gasteiger partial charge in [0.2, 0.25) is 0 Å². The van der Waals surface area contributed by atoms with E-state index < -0.39 is 11.6 Å². The Kier molecular flexibility index (Phi) is 5.37. The summed E-state index contributed by atoms with van der Waals surface area (Å²) in [4.78, 5) is 1.42. The highest BCUT2D eigenvalue weighted by Crippen LogP contribution is 2.33. The van der Waals surface area contributed by atoms with E-state index in [0.29, 0.717) is 10.9 Å². The first-order chi connectivity index (χ1) is 9.95. The molecule has 0 bridgehead atoms. The first-order valence-corrected chi connectivity index (χ1v) is 7.73. The van der Waals surface area contributed by atoms with Gasteiger partial charge in [-0.05, 0) is 30.7 Å². The van der Waals surface area contributed by atoms with Crippen LogP contribution in [0, 0.1) is 18.6 Å². The van der Waals surface area contributed by atoms with Crippen molar-refractivity contribution in [3.05, 3.63) is 59.2 Å². The lowest BCUT2D eigenvalue weighted by Gasteiger charge is -2.13. The van der Waals surface area contributed by atoms with E-state index in [4.69, 9.17) is 0 Å². The van der Waals surface area contributed by atoms with Crippen molar-refractivity contribution in [2.45, 2.75) is 43.1 Å². The van der Waals surface area contributed by atoms with Crippen molar-refractivity contribution in [3.8, 4) is 0 Å². The Hall–Kier alpha value is -1.39. The van der Waals surface area contributed by atoms with Crippen LogP contribution >= 0.6 is 11.8 Å². The van der Waals surface area contributed by atoms with Crippen molar-refractivity contribution in [2.24, 2.45) is 0 Å². The number of hydrogen-bond acceptors (Lipinski definition) is 2. The van der Waals surface area contributed by atoms with Crippen molar-refractivity contribution in [1.82, 2.24) is 5.32 Å². The molecule has 0 saturated heterocycles. The Morgan fingerprint density at radius 3 is 2.43 bits per heavy atom. The van der Waals surface area contributed by atoms with Crippen LogP contribution in [-0.2, 0) is 6.54 Å². The van der Waals surface area contributed by atoms with Crippen molar-refractivity contribution in [3.63, 3.8) is 0 Å². The molecule has 1 nitrogen and oxygen atoms in total. The predicted molar refractivity (Wildman–Crippen MR) is 83.6 cm³/mol. The van der Waals surface area contributed by atoms with Crippen LogP contribution in [0.1, 0.15) is 25.0 Å². The summed E-state index contributed by atoms with van der Waals surface area (Å²) in [5, 5.41) is 3.37. The summed E-state index contributed by atoms with van der Waals surface area (Å²) < 4.78 is 26.8. The Bertz CT molecular complexity index is 626. The minimum Gasteiger partial charge on any atom is -0.310 e. The standard InChI is InChI=1S/C17H19F2NS/c1-11(2)20-10-13-8-12(3)4-6-16(13)21-17-7-5-14(18)9-15(17)19/h4-9,11,20H,10H2,1-3H3. The molecule has 0 amide bonds. The molecule has 112 valence electrons. The van der Waals surface area contributed by atoms with Crippen molar-refractivity contribution in [1.29, 1.82) is 0 Å². The van der Waals surface area contributed by atoms with Crippen molar-refractivity contribution >= 4 is 11.8 Å². The molecule has 0 saturated carbocycles. The minimum atomic E-state index is -0.553. The van der Waals surface area contributed by atoms with Crippen LogP contribution in [-0.4, -0.2) is 6.04 Å². The molecule has 0 spiro atoms. The maximum absolute atomic E-state index is 13.8. The Morgan fingerprint density at radius 2 is 1.76 bits per heavy atom. The van der Waals surface area contributed by atoms with Crippen LogP contribution in [0.25, 0.3) is 0 Å². The maximum atomic E-state index is 13.8. The molecule has 2 aromatic rings. The van der Waals surface area contributed by atoms with Gasteiger partial charge in [0.05, 0.1) is 0 Å². The second-order valence-electron chi connectivity index (χ2n) is 5.32. The third kappa shape index (κ3) is 4.55. The van der Waals surface area contributed by atoms with Crippen LogP contribution in [0.3, 0.4) is 0 Å². The zero-order chi connectivity index (χ0) is 15.4. The first kappa shape index (κ1) is 16.0. The Labute approximate surface area is 128 Å². The zero-order valence-electron chi connectivity index (χ0n) is 12.4. The summed E-state index contributed by atoms with van der Waals surface area (Å²) in [6.45, 7) is 6.93. The lowest BCUT2D eigenvalue weighted by atomic mass is 10.1. The third-order valence-electron chi connectivity index (χ3n) is 3.03. The molecule has 0 aliphatic heterocycles. The molecule has 1 N–H and O–H groups in total. The number of hydrogen-bond donors (Lipinski definition) is 1. The van der Waals surface area contributed by atoms with Crippen molar-refractivity contribution < 1.29 is 8.78 Å². The molecule has 0 atom stereocenters. The fourth-order valence-electron chi connectivity index (χ4n) is 1.94. The average molecular weight is 307 g/mol. The van der Waals surface area contributed by atoms with E-state index in [-0.39, 0.29) is 0 Å². The van der Waals surface area contributed by atoms with Crippen LogP contribution in [0.4, 0.5) is 8.78 Å². The molecule has 0 fully saturated rings. The fraction of sp³-hybridized carbons (Fsp3) is 0.294. The van der Waals surface area contributed by atoms with Gasteiger partial charge in [-0.25, -0.2) is 8.78 Å². The topological polar surface area (TPSA) is 12.0 Å². The van der Waals surface area contributed by atoms with Gasteiger partial charge in [-0.3, -0.25) is 0 Å². The summed E-state index contributed by atoms with van der Waals surface area (Å²) in [6, 6.07) is 10.1. The van der Waals surface area contributed by atoms with E-state index in [2.05, 4.69) is 25.2 Å². The second-order valence-corrected chi connectivity index (χ2v) is 6.41. The van der Waals surface area contributed by atoms with E-state index in [0.717, 1.165) is 23.1 Å². The molecule has 2 rings (SSSR count). The number of benzene rings is 2. The average Bonchev–Trinajstić information content (AvgIpc) is 2.41. The SMILES string of the molecule is Cc1ccc(Sc2ccc(F)cc2F)c(CNC(C)C)c1. The normalized spacial score (nSPS) is 11.1. The van der Waals surface area contributed by atoms with Crippen molar-refractivity contribution in [2.75, 3.05) is 0 Å². The van der Waals surface area contributed by atoms with E-state index in [9.17, 15) is 8.78 Å². The second kappa shape index (κ2) is 7.05. The van der Waals surface area contributed by atoms with Gasteiger partial charge < -0.3 is 5.32 Å². The van der Waals surface area contributed by atoms with Gasteiger partial charge in [0.1, 0.15) is 11.6 Å². The highest BCUT2D eigenvalue weighted by Gasteiger charge is 2.10. The first-order valence-electron chi connectivity index (χ1n) is 6.91. The van der Waals surface area contributed by atoms with Gasteiger partial charge in [-0.2, -0.15) is 0 Å². The van der Waals surface area contributed by atoms with E-state index in [1.807, 2.05) is 19.1 Å². The molecule has 0 aliphatic carbocycles. The summed E-state index contributed by atoms with van der Waals surface area (Å²) in [7, 11) is 0. The van der Waals surface area contributed by atoms with Gasteiger partial charge in [0.25, 0.3) is 0 Å². The zero-order valence-corrected chi connectivity index (χ0v) is 13.2. The van der Waals surface area contributed by atoms with E-state index in [1.54, 1.807) is 0 Å². The summed E-state index contributed by atoms with van der Waals surface area (Å²) in [5.41, 5.74) is 2.29. The summed E-state index contributed by atoms with van der Waals surface area (Å²) >= 11 is 1.33. The van der Waals surface area contributed by atoms with Gasteiger partial charge in [-0.15, -0.1) is 0 Å². The van der Waals surface area contributed by atoms with E-state index >= 15 is 0 Å². The largest absolute Gasteiger partial charge is 0.310 e. The smallest absolute Gasteiger partial charge is 0.140 e. The van der Waals surface area contributed by atoms with Gasteiger partial charge in [-0.1, -0.05) is 43.3 Å². The minimum absolute atomic E-state index is 0.380. The number of aryl methyl sites for hydroxylation is 1. The van der Waals surface area contributed by atoms with Gasteiger partial charge >= 0.3 is 0 Å². The Balaban J connectivity index is 2.26. The molecule has 0 radical (unpaired) electrons. The molecular formula is C17H19F2NS. The molecule has 21 heavy (non-hydrogen) atoms. The lowest BCUT2D eigenvalue weighted by molar-refractivity contribution is 0.565. The highest BCUT2D eigenvalue weighted by molar-refractivity contribution is 7.99. The Morgan fingerprint density at radius 1 is 1.05 bits per heavy atom. The van der Waals surface area contributed by atoms with Gasteiger partial charge in [0.15, 0.2) is 0 Å². The highest BCUT2D eigenvalue weighted by atomic mass is 32.2. The molecule has 0 aromatic heterocycles. The number of halogens is 2. The lowest BCUT2D eigenvalue weighted by Crippen LogP contribution is -2.22. The molecule has 2 aromatic carbocycles. The quantitative estimate of drug-likeness (QED) is 0.841. The number of rotatable bonds is 5. The molecule has 0 heterocycles. The molecule has 0 unspecified atom stereocenters. The molecular weight excluding hydrogens is 288 g/mol. The summed E-state index contributed by atoms with van der Waals surface area (Å²) in [5.74, 6) is -1.08. The monoisotopic (exact) mass is 307 g/mol.